The molecule has 0 saturated heterocycles. The van der Waals surface area contributed by atoms with Gasteiger partial charge in [0, 0.05) is 29.6 Å². The molecule has 3 heterocycles. The number of hydrogen-bond donors (Lipinski definition) is 0. The van der Waals surface area contributed by atoms with Crippen LogP contribution in [0, 0.1) is 10.1 Å². The molecule has 2 aromatic carbocycles. The van der Waals surface area contributed by atoms with E-state index in [0.29, 0.717) is 39.7 Å². The molecule has 0 atom stereocenters. The molecule has 0 bridgehead atoms. The van der Waals surface area contributed by atoms with Crippen molar-refractivity contribution in [1.29, 1.82) is 0 Å². The van der Waals surface area contributed by atoms with Crippen molar-refractivity contribution in [3.8, 4) is 28.6 Å². The smallest absolute Gasteiger partial charge is 0.283 e. The van der Waals surface area contributed by atoms with Gasteiger partial charge in [0.2, 0.25) is 5.89 Å². The highest BCUT2D eigenvalue weighted by atomic mass is 32.2. The Bertz CT molecular complexity index is 1360. The zero-order valence-corrected chi connectivity index (χ0v) is 17.3. The van der Waals surface area contributed by atoms with Crippen LogP contribution in [0.15, 0.2) is 93.2 Å². The summed E-state index contributed by atoms with van der Waals surface area (Å²) in [6.07, 6.45) is 3.40. The number of hydrogen-bond acceptors (Lipinski definition) is 8. The molecule has 0 amide bonds. The summed E-state index contributed by atoms with van der Waals surface area (Å²) in [5, 5.41) is 20.0. The van der Waals surface area contributed by atoms with Crippen molar-refractivity contribution < 1.29 is 13.8 Å². The third-order valence-corrected chi connectivity index (χ3v) is 5.52. The molecule has 5 rings (SSSR count). The van der Waals surface area contributed by atoms with Gasteiger partial charge >= 0.3 is 0 Å². The molecule has 0 spiro atoms. The number of non-ortho nitro benzene ring substituents is 1. The molecule has 0 saturated carbocycles. The van der Waals surface area contributed by atoms with Gasteiger partial charge in [-0.1, -0.05) is 42.1 Å². The topological polar surface area (TPSA) is 113 Å². The summed E-state index contributed by atoms with van der Waals surface area (Å²) < 4.78 is 12.9. The van der Waals surface area contributed by atoms with E-state index in [1.54, 1.807) is 30.5 Å². The fraction of sp³-hybridized carbons (Fsp3) is 0.0455. The minimum atomic E-state index is -0.417. The number of nitro groups is 1. The van der Waals surface area contributed by atoms with Crippen LogP contribution >= 0.6 is 11.8 Å². The summed E-state index contributed by atoms with van der Waals surface area (Å²) in [6, 6.07) is 19.6. The number of rotatable bonds is 7. The van der Waals surface area contributed by atoms with E-state index in [4.69, 9.17) is 13.8 Å². The van der Waals surface area contributed by atoms with E-state index in [-0.39, 0.29) is 5.69 Å². The van der Waals surface area contributed by atoms with Crippen molar-refractivity contribution in [2.24, 2.45) is 0 Å². The van der Waals surface area contributed by atoms with E-state index in [9.17, 15) is 10.1 Å². The van der Waals surface area contributed by atoms with Gasteiger partial charge in [0.05, 0.1) is 22.6 Å². The highest BCUT2D eigenvalue weighted by Crippen LogP contribution is 2.31. The Morgan fingerprint density at radius 3 is 2.69 bits per heavy atom. The maximum Gasteiger partial charge on any atom is 0.283 e. The maximum absolute atomic E-state index is 11.2. The molecule has 32 heavy (non-hydrogen) atoms. The second kappa shape index (κ2) is 8.52. The van der Waals surface area contributed by atoms with E-state index < -0.39 is 4.92 Å². The predicted molar refractivity (Wildman–Crippen MR) is 117 cm³/mol. The predicted octanol–water partition coefficient (Wildman–Crippen LogP) is 5.38. The fourth-order valence-corrected chi connectivity index (χ4v) is 3.92. The summed E-state index contributed by atoms with van der Waals surface area (Å²) >= 11 is 1.42. The van der Waals surface area contributed by atoms with Crippen molar-refractivity contribution in [2.45, 2.75) is 10.9 Å². The third kappa shape index (κ3) is 4.03. The quantitative estimate of drug-likeness (QED) is 0.186. The second-order valence-electron chi connectivity index (χ2n) is 6.69. The van der Waals surface area contributed by atoms with Gasteiger partial charge in [-0.3, -0.25) is 14.7 Å². The lowest BCUT2D eigenvalue weighted by Gasteiger charge is -2.05. The van der Waals surface area contributed by atoms with Crippen LogP contribution in [-0.2, 0) is 5.75 Å². The van der Waals surface area contributed by atoms with Gasteiger partial charge in [0.25, 0.3) is 11.6 Å². The summed E-state index contributed by atoms with van der Waals surface area (Å²) in [5.74, 6) is 1.65. The van der Waals surface area contributed by atoms with E-state index in [0.717, 1.165) is 5.69 Å². The highest BCUT2D eigenvalue weighted by molar-refractivity contribution is 7.98. The van der Waals surface area contributed by atoms with E-state index >= 15 is 0 Å². The number of aromatic nitrogens is 4. The van der Waals surface area contributed by atoms with Crippen LogP contribution in [0.4, 0.5) is 5.69 Å². The Hall–Kier alpha value is -4.18. The van der Waals surface area contributed by atoms with Crippen molar-refractivity contribution in [3.05, 3.63) is 95.2 Å². The van der Waals surface area contributed by atoms with Crippen molar-refractivity contribution in [2.75, 3.05) is 0 Å². The van der Waals surface area contributed by atoms with Gasteiger partial charge in [0.15, 0.2) is 10.9 Å². The first-order valence-corrected chi connectivity index (χ1v) is 10.5. The van der Waals surface area contributed by atoms with Crippen LogP contribution in [0.25, 0.3) is 28.6 Å². The summed E-state index contributed by atoms with van der Waals surface area (Å²) in [7, 11) is 0. The molecule has 0 unspecified atom stereocenters. The first kappa shape index (κ1) is 19.8. The second-order valence-corrected chi connectivity index (χ2v) is 7.63. The zero-order valence-electron chi connectivity index (χ0n) is 16.5. The normalized spacial score (nSPS) is 11.0. The van der Waals surface area contributed by atoms with Crippen LogP contribution in [0.1, 0.15) is 5.89 Å². The van der Waals surface area contributed by atoms with E-state index in [1.165, 1.54) is 23.9 Å². The number of nitro benzene ring substituents is 1. The maximum atomic E-state index is 11.2. The number of para-hydroxylation sites is 1. The molecule has 5 aromatic rings. The average Bonchev–Trinajstić information content (AvgIpc) is 3.59. The van der Waals surface area contributed by atoms with Crippen molar-refractivity contribution in [1.82, 2.24) is 19.7 Å². The van der Waals surface area contributed by atoms with Crippen LogP contribution in [-0.4, -0.2) is 24.7 Å². The first-order chi connectivity index (χ1) is 15.7. The molecule has 0 aliphatic carbocycles. The minimum absolute atomic E-state index is 0.0160. The summed E-state index contributed by atoms with van der Waals surface area (Å²) in [5.41, 5.74) is 2.22. The Balaban J connectivity index is 1.45. The Kier molecular flexibility index (Phi) is 5.26. The van der Waals surface area contributed by atoms with Gasteiger partial charge in [-0.2, -0.15) is 0 Å². The van der Waals surface area contributed by atoms with Gasteiger partial charge in [0.1, 0.15) is 0 Å². The number of thioether (sulfide) groups is 1. The first-order valence-electron chi connectivity index (χ1n) is 9.56. The van der Waals surface area contributed by atoms with E-state index in [2.05, 4.69) is 10.2 Å². The van der Waals surface area contributed by atoms with Crippen molar-refractivity contribution in [3.63, 3.8) is 0 Å². The van der Waals surface area contributed by atoms with Crippen LogP contribution < -0.4 is 0 Å². The van der Waals surface area contributed by atoms with Crippen LogP contribution in [0.2, 0.25) is 0 Å². The van der Waals surface area contributed by atoms with E-state index in [1.807, 2.05) is 41.1 Å². The summed E-state index contributed by atoms with van der Waals surface area (Å²) in [6.45, 7) is 0. The minimum Gasteiger partial charge on any atom is -0.459 e. The Morgan fingerprint density at radius 1 is 1.03 bits per heavy atom. The molecule has 3 aromatic heterocycles. The molecule has 0 aliphatic rings. The van der Waals surface area contributed by atoms with Crippen LogP contribution in [0.5, 0.6) is 0 Å². The zero-order chi connectivity index (χ0) is 21.9. The lowest BCUT2D eigenvalue weighted by molar-refractivity contribution is -0.384. The van der Waals surface area contributed by atoms with Gasteiger partial charge in [-0.05, 0) is 24.3 Å². The molecule has 10 heteroatoms. The van der Waals surface area contributed by atoms with Crippen molar-refractivity contribution >= 4 is 17.4 Å². The largest absolute Gasteiger partial charge is 0.459 e. The molecular weight excluding hydrogens is 430 g/mol. The molecular formula is C22H15N5O4S. The SMILES string of the molecule is O=[N+]([O-])c1cccc(-c2cn(-c3ccccc3)c(SCc3nnc(-c4ccco4)o3)n2)c1. The molecule has 9 nitrogen and oxygen atoms in total. The number of furan rings is 1. The number of nitrogens with zero attached hydrogens (tertiary/aromatic N) is 5. The number of benzene rings is 2. The standard InChI is InChI=1S/C22H15N5O4S/c28-27(29)17-9-4-6-15(12-17)18-13-26(16-7-2-1-3-8-16)22(23-18)32-14-20-24-25-21(31-20)19-10-5-11-30-19/h1-13H,14H2. The lowest BCUT2D eigenvalue weighted by Crippen LogP contribution is -1.94. The van der Waals surface area contributed by atoms with Gasteiger partial charge in [-0.15, -0.1) is 10.2 Å². The molecule has 158 valence electrons. The lowest BCUT2D eigenvalue weighted by atomic mass is 10.1. The molecule has 0 radical (unpaired) electrons. The molecule has 0 aliphatic heterocycles. The fourth-order valence-electron chi connectivity index (χ4n) is 3.09. The third-order valence-electron chi connectivity index (χ3n) is 4.58. The van der Waals surface area contributed by atoms with Crippen LogP contribution in [0.3, 0.4) is 0 Å². The van der Waals surface area contributed by atoms with Gasteiger partial charge < -0.3 is 8.83 Å². The molecule has 0 fully saturated rings. The number of imidazole rings is 1. The highest BCUT2D eigenvalue weighted by Gasteiger charge is 2.16. The van der Waals surface area contributed by atoms with Gasteiger partial charge in [-0.25, -0.2) is 4.98 Å². The monoisotopic (exact) mass is 445 g/mol. The Morgan fingerprint density at radius 2 is 1.91 bits per heavy atom. The Labute approximate surface area is 185 Å². The summed E-state index contributed by atoms with van der Waals surface area (Å²) in [4.78, 5) is 15.5. The molecule has 0 N–H and O–H groups in total. The average molecular weight is 445 g/mol.